The van der Waals surface area contributed by atoms with Gasteiger partial charge in [0.1, 0.15) is 0 Å². The van der Waals surface area contributed by atoms with E-state index in [1.807, 2.05) is 22.9 Å². The van der Waals surface area contributed by atoms with Gasteiger partial charge in [-0.05, 0) is 51.0 Å². The van der Waals surface area contributed by atoms with Crippen molar-refractivity contribution < 1.29 is 14.7 Å². The van der Waals surface area contributed by atoms with Gasteiger partial charge in [-0.3, -0.25) is 9.69 Å². The number of rotatable bonds is 7. The minimum Gasteiger partial charge on any atom is -0.480 e. The van der Waals surface area contributed by atoms with E-state index < -0.39 is 5.97 Å². The van der Waals surface area contributed by atoms with Crippen LogP contribution >= 0.6 is 0 Å². The molecule has 1 saturated heterocycles. The van der Waals surface area contributed by atoms with Crippen molar-refractivity contribution in [3.63, 3.8) is 0 Å². The number of likely N-dealkylation sites (N-methyl/N-ethyl adjacent to an activating group) is 1. The van der Waals surface area contributed by atoms with Gasteiger partial charge in [0.05, 0.1) is 6.54 Å². The first-order valence-electron chi connectivity index (χ1n) is 9.51. The largest absolute Gasteiger partial charge is 0.480 e. The highest BCUT2D eigenvalue weighted by atomic mass is 16.4. The van der Waals surface area contributed by atoms with Crippen molar-refractivity contribution in [3.8, 4) is 0 Å². The quantitative estimate of drug-likeness (QED) is 0.692. The van der Waals surface area contributed by atoms with Gasteiger partial charge in [0.2, 0.25) is 0 Å². The van der Waals surface area contributed by atoms with Gasteiger partial charge in [0.25, 0.3) is 0 Å². The summed E-state index contributed by atoms with van der Waals surface area (Å²) >= 11 is 0. The fraction of sp³-hybridized carbons (Fsp3) is 0.789. The summed E-state index contributed by atoms with van der Waals surface area (Å²) in [6.07, 6.45) is 10.4. The molecule has 0 radical (unpaired) electrons. The van der Waals surface area contributed by atoms with Gasteiger partial charge >= 0.3 is 12.0 Å². The van der Waals surface area contributed by atoms with Crippen molar-refractivity contribution in [1.29, 1.82) is 0 Å². The number of urea groups is 1. The molecule has 2 amide bonds. The van der Waals surface area contributed by atoms with Crippen molar-refractivity contribution in [2.45, 2.75) is 57.4 Å². The maximum Gasteiger partial charge on any atom is 0.317 e. The first-order chi connectivity index (χ1) is 12.0. The third kappa shape index (κ3) is 5.73. The van der Waals surface area contributed by atoms with E-state index in [9.17, 15) is 9.59 Å². The molecular weight excluding hydrogens is 318 g/mol. The van der Waals surface area contributed by atoms with Crippen molar-refractivity contribution in [3.05, 3.63) is 12.7 Å². The molecule has 0 aromatic rings. The van der Waals surface area contributed by atoms with Crippen LogP contribution in [-0.2, 0) is 4.79 Å². The van der Waals surface area contributed by atoms with Crippen LogP contribution in [0.4, 0.5) is 4.79 Å². The molecule has 0 bridgehead atoms. The highest BCUT2D eigenvalue weighted by Gasteiger charge is 2.33. The van der Waals surface area contributed by atoms with Crippen LogP contribution < -0.4 is 5.32 Å². The second-order valence-corrected chi connectivity index (χ2v) is 7.74. The van der Waals surface area contributed by atoms with Crippen molar-refractivity contribution in [2.75, 3.05) is 33.2 Å². The molecule has 1 aliphatic heterocycles. The predicted octanol–water partition coefficient (Wildman–Crippen LogP) is 2.70. The molecule has 0 aromatic carbocycles. The topological polar surface area (TPSA) is 72.9 Å². The van der Waals surface area contributed by atoms with Crippen LogP contribution in [0, 0.1) is 5.41 Å². The van der Waals surface area contributed by atoms with Crippen LogP contribution in [0.2, 0.25) is 0 Å². The SMILES string of the molecule is C=CCC1(CNC(=O)N2CCCC(N(C)CC(=O)O)CC2)CCCC1. The van der Waals surface area contributed by atoms with Gasteiger partial charge < -0.3 is 15.3 Å². The monoisotopic (exact) mass is 351 g/mol. The standard InChI is InChI=1S/C19H33N3O3/c1-3-9-19(10-4-5-11-19)15-20-18(25)22-12-6-7-16(8-13-22)21(2)14-17(23)24/h3,16H,1,4-15H2,2H3,(H,20,25)(H,23,24). The van der Waals surface area contributed by atoms with Crippen LogP contribution in [0.15, 0.2) is 12.7 Å². The third-order valence-corrected chi connectivity index (χ3v) is 5.85. The second-order valence-electron chi connectivity index (χ2n) is 7.74. The second kappa shape index (κ2) is 9.22. The Kier molecular flexibility index (Phi) is 7.29. The Balaban J connectivity index is 1.82. The Hall–Kier alpha value is -1.56. The van der Waals surface area contributed by atoms with Crippen molar-refractivity contribution in [1.82, 2.24) is 15.1 Å². The average Bonchev–Trinajstić information content (AvgIpc) is 2.88. The van der Waals surface area contributed by atoms with Crippen LogP contribution in [0.1, 0.15) is 51.4 Å². The van der Waals surface area contributed by atoms with Crippen LogP contribution in [0.25, 0.3) is 0 Å². The highest BCUT2D eigenvalue weighted by Crippen LogP contribution is 2.40. The zero-order valence-corrected chi connectivity index (χ0v) is 15.5. The lowest BCUT2D eigenvalue weighted by Gasteiger charge is -2.30. The lowest BCUT2D eigenvalue weighted by molar-refractivity contribution is -0.138. The number of carbonyl (C=O) groups excluding carboxylic acids is 1. The van der Waals surface area contributed by atoms with Crippen molar-refractivity contribution >= 4 is 12.0 Å². The number of carboxylic acid groups (broad SMARTS) is 1. The Bertz CT molecular complexity index is 475. The Morgan fingerprint density at radius 2 is 2.00 bits per heavy atom. The van der Waals surface area contributed by atoms with E-state index in [4.69, 9.17) is 5.11 Å². The van der Waals surface area contributed by atoms with E-state index in [1.165, 1.54) is 25.7 Å². The van der Waals surface area contributed by atoms with Gasteiger partial charge in [-0.25, -0.2) is 4.79 Å². The van der Waals surface area contributed by atoms with E-state index in [2.05, 4.69) is 11.9 Å². The minimum absolute atomic E-state index is 0.0249. The zero-order valence-electron chi connectivity index (χ0n) is 15.5. The smallest absolute Gasteiger partial charge is 0.317 e. The summed E-state index contributed by atoms with van der Waals surface area (Å²) < 4.78 is 0. The fourth-order valence-corrected chi connectivity index (χ4v) is 4.32. The minimum atomic E-state index is -0.801. The molecule has 1 aliphatic carbocycles. The van der Waals surface area contributed by atoms with Gasteiger partial charge in [-0.1, -0.05) is 18.9 Å². The molecular formula is C19H33N3O3. The summed E-state index contributed by atoms with van der Waals surface area (Å²) in [7, 11) is 1.85. The Morgan fingerprint density at radius 3 is 2.64 bits per heavy atom. The van der Waals surface area contributed by atoms with E-state index >= 15 is 0 Å². The molecule has 2 aliphatic rings. The lowest BCUT2D eigenvalue weighted by Crippen LogP contribution is -2.45. The van der Waals surface area contributed by atoms with Gasteiger partial charge in [0.15, 0.2) is 0 Å². The molecule has 6 heteroatoms. The van der Waals surface area contributed by atoms with Gasteiger partial charge in [0, 0.05) is 25.7 Å². The number of hydrogen-bond acceptors (Lipinski definition) is 3. The molecule has 0 spiro atoms. The molecule has 25 heavy (non-hydrogen) atoms. The number of carboxylic acids is 1. The Labute approximate surface area is 151 Å². The molecule has 142 valence electrons. The number of nitrogens with zero attached hydrogens (tertiary/aromatic N) is 2. The first-order valence-corrected chi connectivity index (χ1v) is 9.51. The van der Waals surface area contributed by atoms with E-state index in [1.54, 1.807) is 0 Å². The molecule has 0 aromatic heterocycles. The van der Waals surface area contributed by atoms with E-state index in [-0.39, 0.29) is 24.0 Å². The molecule has 1 saturated carbocycles. The zero-order chi connectivity index (χ0) is 18.3. The maximum atomic E-state index is 12.6. The summed E-state index contributed by atoms with van der Waals surface area (Å²) in [4.78, 5) is 27.3. The van der Waals surface area contributed by atoms with Crippen molar-refractivity contribution in [2.24, 2.45) is 5.41 Å². The van der Waals surface area contributed by atoms with Gasteiger partial charge in [-0.2, -0.15) is 0 Å². The first kappa shape index (κ1) is 19.8. The summed E-state index contributed by atoms with van der Waals surface area (Å²) in [5.41, 5.74) is 0.202. The van der Waals surface area contributed by atoms with Gasteiger partial charge in [-0.15, -0.1) is 6.58 Å². The molecule has 2 fully saturated rings. The predicted molar refractivity (Wildman–Crippen MR) is 98.6 cm³/mol. The maximum absolute atomic E-state index is 12.6. The molecule has 6 nitrogen and oxygen atoms in total. The van der Waals surface area contributed by atoms with Crippen LogP contribution in [0.5, 0.6) is 0 Å². The fourth-order valence-electron chi connectivity index (χ4n) is 4.32. The normalized spacial score (nSPS) is 23.3. The Morgan fingerprint density at radius 1 is 1.28 bits per heavy atom. The third-order valence-electron chi connectivity index (χ3n) is 5.85. The number of amides is 2. The van der Waals surface area contributed by atoms with E-state index in [0.29, 0.717) is 6.54 Å². The number of likely N-dealkylation sites (tertiary alicyclic amines) is 1. The number of allylic oxidation sites excluding steroid dienone is 1. The van der Waals surface area contributed by atoms with Crippen LogP contribution in [-0.4, -0.2) is 66.2 Å². The average molecular weight is 351 g/mol. The number of aliphatic carboxylic acids is 1. The molecule has 2 N–H and O–H groups in total. The molecule has 2 rings (SSSR count). The molecule has 1 unspecified atom stereocenters. The highest BCUT2D eigenvalue weighted by molar-refractivity contribution is 5.74. The number of nitrogens with one attached hydrogen (secondary N) is 1. The number of carbonyl (C=O) groups is 2. The lowest BCUT2D eigenvalue weighted by atomic mass is 9.83. The number of hydrogen-bond donors (Lipinski definition) is 2. The summed E-state index contributed by atoms with van der Waals surface area (Å²) in [5.74, 6) is -0.801. The summed E-state index contributed by atoms with van der Waals surface area (Å²) in [6, 6.07) is 0.257. The molecule has 1 atom stereocenters. The van der Waals surface area contributed by atoms with Crippen LogP contribution in [0.3, 0.4) is 0 Å². The summed E-state index contributed by atoms with van der Waals surface area (Å²) in [6.45, 7) is 6.10. The van der Waals surface area contributed by atoms with E-state index in [0.717, 1.165) is 38.8 Å². The molecule has 1 heterocycles. The summed E-state index contributed by atoms with van der Waals surface area (Å²) in [5, 5.41) is 12.1.